The third-order valence-electron chi connectivity index (χ3n) is 6.25. The van der Waals surface area contributed by atoms with Gasteiger partial charge in [-0.2, -0.15) is 0 Å². The van der Waals surface area contributed by atoms with E-state index in [0.29, 0.717) is 24.3 Å². The van der Waals surface area contributed by atoms with Gasteiger partial charge in [0.25, 0.3) is 0 Å². The highest BCUT2D eigenvalue weighted by Crippen LogP contribution is 2.17. The van der Waals surface area contributed by atoms with E-state index in [-0.39, 0.29) is 0 Å². The minimum Gasteiger partial charge on any atom is -0.462 e. The zero-order valence-electron chi connectivity index (χ0n) is 22.6. The highest BCUT2D eigenvalue weighted by atomic mass is 16.5. The second-order valence-corrected chi connectivity index (χ2v) is 10.4. The summed E-state index contributed by atoms with van der Waals surface area (Å²) in [5, 5.41) is 0. The molecule has 0 bridgehead atoms. The van der Waals surface area contributed by atoms with Crippen molar-refractivity contribution in [3.05, 3.63) is 34.9 Å². The second-order valence-electron chi connectivity index (χ2n) is 10.4. The largest absolute Gasteiger partial charge is 0.462 e. The topological polar surface area (TPSA) is 52.6 Å². The van der Waals surface area contributed by atoms with Gasteiger partial charge in [0, 0.05) is 0 Å². The number of benzene rings is 1. The van der Waals surface area contributed by atoms with Gasteiger partial charge >= 0.3 is 11.9 Å². The molecule has 194 valence electrons. The second kappa shape index (κ2) is 18.5. The SMILES string of the molecule is CCc1ccc(C(=O)OCCCCCCCC(C)C)c(C(=O)OCCCCCCCC(C)C)c1. The van der Waals surface area contributed by atoms with Crippen molar-refractivity contribution in [3.8, 4) is 0 Å². The maximum absolute atomic E-state index is 12.7. The summed E-state index contributed by atoms with van der Waals surface area (Å²) in [5.74, 6) is 0.674. The van der Waals surface area contributed by atoms with Crippen molar-refractivity contribution < 1.29 is 19.1 Å². The standard InChI is InChI=1S/C30H50O4/c1-6-26-19-20-27(29(31)33-21-15-11-7-9-13-17-24(2)3)28(23-26)30(32)34-22-16-12-8-10-14-18-25(4)5/h19-20,23-25H,6-18,21-22H2,1-5H3. The van der Waals surface area contributed by atoms with Crippen LogP contribution in [0.25, 0.3) is 0 Å². The zero-order chi connectivity index (χ0) is 25.2. The average Bonchev–Trinajstić information content (AvgIpc) is 2.81. The zero-order valence-corrected chi connectivity index (χ0v) is 22.6. The molecule has 4 nitrogen and oxygen atoms in total. The van der Waals surface area contributed by atoms with Crippen LogP contribution in [0.15, 0.2) is 18.2 Å². The highest BCUT2D eigenvalue weighted by Gasteiger charge is 2.20. The van der Waals surface area contributed by atoms with Gasteiger partial charge < -0.3 is 9.47 Å². The Morgan fingerprint density at radius 2 is 1.09 bits per heavy atom. The molecule has 0 N–H and O–H groups in total. The maximum atomic E-state index is 12.7. The lowest BCUT2D eigenvalue weighted by molar-refractivity contribution is 0.0450. The van der Waals surface area contributed by atoms with Crippen LogP contribution in [0.2, 0.25) is 0 Å². The number of carbonyl (C=O) groups is 2. The third-order valence-corrected chi connectivity index (χ3v) is 6.25. The maximum Gasteiger partial charge on any atom is 0.339 e. The number of hydrogen-bond acceptors (Lipinski definition) is 4. The molecule has 0 aromatic heterocycles. The van der Waals surface area contributed by atoms with Crippen molar-refractivity contribution in [1.82, 2.24) is 0 Å². The van der Waals surface area contributed by atoms with E-state index >= 15 is 0 Å². The van der Waals surface area contributed by atoms with Crippen molar-refractivity contribution in [2.24, 2.45) is 11.8 Å². The molecule has 0 aliphatic rings. The van der Waals surface area contributed by atoms with Crippen LogP contribution >= 0.6 is 0 Å². The summed E-state index contributed by atoms with van der Waals surface area (Å²) >= 11 is 0. The van der Waals surface area contributed by atoms with Crippen molar-refractivity contribution >= 4 is 11.9 Å². The van der Waals surface area contributed by atoms with Crippen molar-refractivity contribution in [2.75, 3.05) is 13.2 Å². The van der Waals surface area contributed by atoms with E-state index in [1.54, 1.807) is 12.1 Å². The first-order valence-corrected chi connectivity index (χ1v) is 13.8. The van der Waals surface area contributed by atoms with Crippen LogP contribution in [-0.2, 0) is 15.9 Å². The summed E-state index contributed by atoms with van der Waals surface area (Å²) in [7, 11) is 0. The number of esters is 2. The molecule has 0 amide bonds. The number of aryl methyl sites for hydroxylation is 1. The lowest BCUT2D eigenvalue weighted by atomic mass is 10.0. The molecule has 0 saturated carbocycles. The van der Waals surface area contributed by atoms with E-state index in [0.717, 1.165) is 49.5 Å². The molecule has 0 aliphatic carbocycles. The van der Waals surface area contributed by atoms with E-state index in [4.69, 9.17) is 9.47 Å². The van der Waals surface area contributed by atoms with Gasteiger partial charge in [-0.1, -0.05) is 105 Å². The van der Waals surface area contributed by atoms with Crippen LogP contribution in [0.5, 0.6) is 0 Å². The molecule has 1 aromatic carbocycles. The molecule has 0 saturated heterocycles. The summed E-state index contributed by atoms with van der Waals surface area (Å²) in [6.45, 7) is 11.8. The van der Waals surface area contributed by atoms with Gasteiger partial charge in [0.2, 0.25) is 0 Å². The van der Waals surface area contributed by atoms with Crippen molar-refractivity contribution in [1.29, 1.82) is 0 Å². The minimum atomic E-state index is -0.431. The molecule has 1 rings (SSSR count). The number of carbonyl (C=O) groups excluding carboxylic acids is 2. The molecule has 0 atom stereocenters. The third kappa shape index (κ3) is 13.8. The number of unbranched alkanes of at least 4 members (excludes halogenated alkanes) is 8. The molecule has 0 aliphatic heterocycles. The molecule has 1 aromatic rings. The fourth-order valence-electron chi connectivity index (χ4n) is 4.01. The van der Waals surface area contributed by atoms with E-state index in [2.05, 4.69) is 27.7 Å². The van der Waals surface area contributed by atoms with Gasteiger partial charge in [-0.3, -0.25) is 0 Å². The number of ether oxygens (including phenoxy) is 2. The van der Waals surface area contributed by atoms with Gasteiger partial charge in [0.1, 0.15) is 0 Å². The molecule has 0 radical (unpaired) electrons. The summed E-state index contributed by atoms with van der Waals surface area (Å²) in [6, 6.07) is 5.37. The van der Waals surface area contributed by atoms with Crippen LogP contribution in [0.1, 0.15) is 138 Å². The van der Waals surface area contributed by atoms with Crippen molar-refractivity contribution in [3.63, 3.8) is 0 Å². The van der Waals surface area contributed by atoms with Gasteiger partial charge in [0.15, 0.2) is 0 Å². The molecular formula is C30H50O4. The van der Waals surface area contributed by atoms with Crippen LogP contribution < -0.4 is 0 Å². The van der Waals surface area contributed by atoms with Crippen LogP contribution in [0, 0.1) is 11.8 Å². The molecule has 0 fully saturated rings. The Bertz CT molecular complexity index is 693. The Balaban J connectivity index is 2.42. The Kier molecular flexibility index (Phi) is 16.4. The van der Waals surface area contributed by atoms with Gasteiger partial charge in [0.05, 0.1) is 24.3 Å². The van der Waals surface area contributed by atoms with E-state index in [9.17, 15) is 9.59 Å². The quantitative estimate of drug-likeness (QED) is 0.149. The van der Waals surface area contributed by atoms with Gasteiger partial charge in [-0.05, 0) is 48.8 Å². The van der Waals surface area contributed by atoms with Crippen LogP contribution in [0.3, 0.4) is 0 Å². The smallest absolute Gasteiger partial charge is 0.339 e. The molecule has 0 heterocycles. The lowest BCUT2D eigenvalue weighted by Gasteiger charge is -2.12. The monoisotopic (exact) mass is 474 g/mol. The number of rotatable bonds is 19. The Labute approximate surface area is 209 Å². The van der Waals surface area contributed by atoms with E-state index in [1.807, 2.05) is 13.0 Å². The first kappa shape index (κ1) is 30.2. The van der Waals surface area contributed by atoms with E-state index < -0.39 is 11.9 Å². The molecule has 34 heavy (non-hydrogen) atoms. The van der Waals surface area contributed by atoms with E-state index in [1.165, 1.54) is 51.4 Å². The summed E-state index contributed by atoms with van der Waals surface area (Å²) < 4.78 is 11.0. The average molecular weight is 475 g/mol. The summed E-state index contributed by atoms with van der Waals surface area (Å²) in [5.41, 5.74) is 1.65. The van der Waals surface area contributed by atoms with Crippen LogP contribution in [-0.4, -0.2) is 25.2 Å². The fraction of sp³-hybridized carbons (Fsp3) is 0.733. The fourth-order valence-corrected chi connectivity index (χ4v) is 4.01. The Morgan fingerprint density at radius 1 is 0.647 bits per heavy atom. The first-order valence-electron chi connectivity index (χ1n) is 13.8. The molecule has 4 heteroatoms. The minimum absolute atomic E-state index is 0.313. The van der Waals surface area contributed by atoms with Crippen LogP contribution in [0.4, 0.5) is 0 Å². The summed E-state index contributed by atoms with van der Waals surface area (Å²) in [6.07, 6.45) is 14.5. The normalized spacial score (nSPS) is 11.3. The molecule has 0 unspecified atom stereocenters. The van der Waals surface area contributed by atoms with Gasteiger partial charge in [-0.15, -0.1) is 0 Å². The predicted octanol–water partition coefficient (Wildman–Crippen LogP) is 8.56. The summed E-state index contributed by atoms with van der Waals surface area (Å²) in [4.78, 5) is 25.4. The number of hydrogen-bond donors (Lipinski definition) is 0. The Morgan fingerprint density at radius 3 is 1.56 bits per heavy atom. The van der Waals surface area contributed by atoms with Gasteiger partial charge in [-0.25, -0.2) is 9.59 Å². The molecular weight excluding hydrogens is 424 g/mol. The lowest BCUT2D eigenvalue weighted by Crippen LogP contribution is -2.15. The predicted molar refractivity (Wildman–Crippen MR) is 141 cm³/mol. The van der Waals surface area contributed by atoms with Crippen molar-refractivity contribution in [2.45, 2.75) is 118 Å². The Hall–Kier alpha value is -1.84. The highest BCUT2D eigenvalue weighted by molar-refractivity contribution is 6.03. The molecule has 0 spiro atoms. The first-order chi connectivity index (χ1) is 16.3.